The fraction of sp³-hybridized carbons (Fsp3) is 0.567. The highest BCUT2D eigenvalue weighted by atomic mass is 16.7. The molecule has 88 heavy (non-hydrogen) atoms. The maximum absolute atomic E-state index is 15.5. The maximum Gasteiger partial charge on any atom is 0.338 e. The van der Waals surface area contributed by atoms with Gasteiger partial charge < -0.3 is 68.4 Å². The van der Waals surface area contributed by atoms with Crippen molar-refractivity contribution in [2.75, 3.05) is 13.2 Å². The van der Waals surface area contributed by atoms with Gasteiger partial charge in [0.15, 0.2) is 29.2 Å². The Morgan fingerprint density at radius 1 is 0.773 bits per heavy atom. The number of nitrogens with one attached hydrogen (secondary N) is 1. The quantitative estimate of drug-likeness (QED) is 0.0742. The summed E-state index contributed by atoms with van der Waals surface area (Å²) in [6, 6.07) is 22.9. The normalized spacial score (nSPS) is 41.1. The third kappa shape index (κ3) is 8.15. The first-order valence-electron chi connectivity index (χ1n) is 30.4. The standard InChI is InChI=1S/C47H51NO14.C20H24O6/c1-25-31(60-43(56)36(52)35(28-16-10-7-11-17-28)48-41(54)29-18-12-8-13-19-29)23-47(57)40(61-42(55)30-20-14-9-15-21-30)38-45(6,32(51)22-33-46(38,24-58-33)62-27(3)50)39(53)37(59-26(2)49)34(25)44(47,4)5;1-8(2)18-13(25-18)14-20(26-14)17(3)5-4-9-10(7-23-15(9)21)11(17)6-12-19(20,24-12)16(18)22/h7-21,31-33,35-38,40,51-52,57H,22-24H2,1-6H3,(H,48,54);8,11-14,16,22H,4-7H2,1-3H3/t31-,32-,33+,35-,36+,37+,38-,40-,45+,46-,47+;11-,12-,13-,14-,16+,17-,18-,19+,20+/m00/s1. The highest BCUT2D eigenvalue weighted by Crippen LogP contribution is 2.83. The lowest BCUT2D eigenvalue weighted by atomic mass is 9.44. The van der Waals surface area contributed by atoms with Crippen molar-refractivity contribution in [1.29, 1.82) is 0 Å². The number of Topliss-reactive ketones (excluding diaryl/α,β-unsaturated/α-hetero) is 1. The monoisotopic (exact) mass is 1210 g/mol. The van der Waals surface area contributed by atoms with Crippen molar-refractivity contribution in [3.05, 3.63) is 130 Å². The van der Waals surface area contributed by atoms with E-state index in [0.29, 0.717) is 12.2 Å². The molecular weight excluding hydrogens is 1140 g/mol. The Labute approximate surface area is 508 Å². The summed E-state index contributed by atoms with van der Waals surface area (Å²) in [5.74, 6) is -6.54. The molecule has 3 aromatic carbocycles. The number of aliphatic hydroxyl groups is 4. The Morgan fingerprint density at radius 3 is 2.03 bits per heavy atom. The highest BCUT2D eigenvalue weighted by molar-refractivity contribution is 5.97. The third-order valence-corrected chi connectivity index (χ3v) is 22.6. The van der Waals surface area contributed by atoms with Crippen LogP contribution in [-0.2, 0) is 66.6 Å². The van der Waals surface area contributed by atoms with Gasteiger partial charge in [0.1, 0.15) is 60.0 Å². The van der Waals surface area contributed by atoms with Crippen molar-refractivity contribution in [2.45, 2.75) is 190 Å². The van der Waals surface area contributed by atoms with Crippen LogP contribution >= 0.6 is 0 Å². The van der Waals surface area contributed by atoms with Gasteiger partial charge in [0, 0.05) is 48.7 Å². The van der Waals surface area contributed by atoms with Gasteiger partial charge in [-0.1, -0.05) is 101 Å². The summed E-state index contributed by atoms with van der Waals surface area (Å²) in [6.07, 6.45) is -8.80. The van der Waals surface area contributed by atoms with E-state index >= 15 is 4.79 Å². The molecule has 21 nitrogen and oxygen atoms in total. The van der Waals surface area contributed by atoms with Crippen LogP contribution in [-0.4, -0.2) is 164 Å². The molecule has 0 radical (unpaired) electrons. The Hall–Kier alpha value is -6.69. The van der Waals surface area contributed by atoms with Crippen LogP contribution in [0.3, 0.4) is 0 Å². The zero-order valence-electron chi connectivity index (χ0n) is 50.5. The number of hydrogen-bond acceptors (Lipinski definition) is 20. The first-order valence-corrected chi connectivity index (χ1v) is 30.4. The molecular formula is C67H75NO20. The van der Waals surface area contributed by atoms with E-state index in [0.717, 1.165) is 44.3 Å². The summed E-state index contributed by atoms with van der Waals surface area (Å²) in [4.78, 5) is 95.5. The number of benzene rings is 3. The molecule has 5 aliphatic heterocycles. The van der Waals surface area contributed by atoms with Crippen molar-refractivity contribution in [1.82, 2.24) is 5.32 Å². The van der Waals surface area contributed by atoms with Gasteiger partial charge in [-0.25, -0.2) is 14.4 Å². The average molecular weight is 1210 g/mol. The lowest BCUT2D eigenvalue weighted by Crippen LogP contribution is -2.82. The highest BCUT2D eigenvalue weighted by Gasteiger charge is 3.00. The molecule has 4 saturated heterocycles. The second kappa shape index (κ2) is 20.4. The second-order valence-corrected chi connectivity index (χ2v) is 27.3. The van der Waals surface area contributed by atoms with E-state index < -0.39 is 136 Å². The van der Waals surface area contributed by atoms with E-state index in [1.54, 1.807) is 92.7 Å². The molecule has 2 spiro atoms. The zero-order chi connectivity index (χ0) is 62.8. The molecule has 5 N–H and O–H groups in total. The van der Waals surface area contributed by atoms with Crippen molar-refractivity contribution < 1.29 is 96.6 Å². The number of aliphatic hydroxyl groups excluding tert-OH is 3. The van der Waals surface area contributed by atoms with Gasteiger partial charge in [-0.05, 0) is 91.5 Å². The SMILES string of the molecule is CC(=O)O[C@H]1C(=O)[C@@]2(C)[C@H]([C@H](OC(=O)c3ccccc3)[C@]3(O)C[C@H](OC(=O)[C@H](O)[C@@H](NC(=O)c4ccccc4)c4ccccc4)C(C)=C1C3(C)C)[C@]1(OC(C)=O)CO[C@@H]1C[C@@H]2O.CC(C)[C@]12O[C@H]1[C@@H]1O[C@]13[C@]1(O[C@H]1C[C@H]1C4=C(CC[C@@]13C)C(=O)OC4)[C@@H]2O. The van der Waals surface area contributed by atoms with E-state index in [1.807, 2.05) is 0 Å². The number of fused-ring (bicyclic) bond motifs is 9. The Balaban J connectivity index is 0.000000224. The number of epoxide rings is 3. The smallest absolute Gasteiger partial charge is 0.338 e. The molecule has 0 aromatic heterocycles. The number of amides is 1. The van der Waals surface area contributed by atoms with Gasteiger partial charge in [-0.15, -0.1) is 0 Å². The van der Waals surface area contributed by atoms with E-state index in [4.69, 9.17) is 42.6 Å². The average Bonchev–Trinajstić information content (AvgIpc) is 1.42. The lowest BCUT2D eigenvalue weighted by molar-refractivity contribution is -0.346. The molecule has 1 amide bonds. The van der Waals surface area contributed by atoms with Crippen molar-refractivity contribution in [2.24, 2.45) is 34.0 Å². The summed E-state index contributed by atoms with van der Waals surface area (Å²) in [6.45, 7) is 14.9. The molecule has 8 fully saturated rings. The second-order valence-electron chi connectivity index (χ2n) is 27.3. The summed E-state index contributed by atoms with van der Waals surface area (Å²) < 4.78 is 54.6. The van der Waals surface area contributed by atoms with Gasteiger partial charge in [0.05, 0.1) is 41.8 Å². The number of hydrogen-bond donors (Lipinski definition) is 5. The number of carbonyl (C=O) groups is 7. The maximum atomic E-state index is 15.5. The minimum Gasteiger partial charge on any atom is -0.458 e. The van der Waals surface area contributed by atoms with E-state index in [9.17, 15) is 49.2 Å². The van der Waals surface area contributed by atoms with Crippen molar-refractivity contribution in [3.8, 4) is 0 Å². The Bertz CT molecular complexity index is 3500. The number of ketones is 1. The van der Waals surface area contributed by atoms with Crippen molar-refractivity contribution in [3.63, 3.8) is 0 Å². The predicted octanol–water partition coefficient (Wildman–Crippen LogP) is 4.84. The molecule has 21 heteroatoms. The van der Waals surface area contributed by atoms with Crippen LogP contribution in [0.5, 0.6) is 0 Å². The molecule has 3 aromatic rings. The number of cyclic esters (lactones) is 1. The first-order chi connectivity index (χ1) is 41.6. The summed E-state index contributed by atoms with van der Waals surface area (Å²) in [5, 5.41) is 51.7. The Kier molecular flexibility index (Phi) is 14.0. The van der Waals surface area contributed by atoms with Crippen LogP contribution in [0.15, 0.2) is 113 Å². The minimum atomic E-state index is -2.39. The van der Waals surface area contributed by atoms with Crippen LogP contribution in [0, 0.1) is 34.0 Å². The first kappa shape index (κ1) is 60.2. The topological polar surface area (TPSA) is 305 Å². The number of carbonyl (C=O) groups excluding carboxylic acids is 7. The van der Waals surface area contributed by atoms with E-state index in [-0.39, 0.29) is 76.8 Å². The number of esters is 5. The van der Waals surface area contributed by atoms with Crippen LogP contribution in [0.1, 0.15) is 127 Å². The fourth-order valence-electron chi connectivity index (χ4n) is 17.9. The molecule has 4 saturated carbocycles. The van der Waals surface area contributed by atoms with Crippen molar-refractivity contribution >= 4 is 41.5 Å². The van der Waals surface area contributed by atoms with Gasteiger partial charge in [0.2, 0.25) is 0 Å². The molecule has 5 heterocycles. The van der Waals surface area contributed by atoms with Crippen LogP contribution < -0.4 is 5.32 Å². The summed E-state index contributed by atoms with van der Waals surface area (Å²) >= 11 is 0. The van der Waals surface area contributed by atoms with Gasteiger partial charge in [-0.3, -0.25) is 19.2 Å². The molecule has 468 valence electrons. The third-order valence-electron chi connectivity index (χ3n) is 22.6. The molecule has 0 unspecified atom stereocenters. The van der Waals surface area contributed by atoms with Crippen LogP contribution in [0.4, 0.5) is 0 Å². The van der Waals surface area contributed by atoms with E-state index in [2.05, 4.69) is 26.1 Å². The number of rotatable bonds is 11. The zero-order valence-corrected chi connectivity index (χ0v) is 50.5. The molecule has 2 bridgehead atoms. The Morgan fingerprint density at radius 2 is 1.42 bits per heavy atom. The molecule has 6 aliphatic carbocycles. The summed E-state index contributed by atoms with van der Waals surface area (Å²) in [7, 11) is 0. The van der Waals surface area contributed by atoms with Crippen LogP contribution in [0.2, 0.25) is 0 Å². The van der Waals surface area contributed by atoms with Gasteiger partial charge in [-0.2, -0.15) is 0 Å². The van der Waals surface area contributed by atoms with Crippen LogP contribution in [0.25, 0.3) is 0 Å². The molecule has 14 rings (SSSR count). The molecule has 11 aliphatic rings. The van der Waals surface area contributed by atoms with Gasteiger partial charge >= 0.3 is 29.8 Å². The predicted molar refractivity (Wildman–Crippen MR) is 305 cm³/mol. The lowest BCUT2D eigenvalue weighted by Gasteiger charge is -2.67. The molecule has 20 atom stereocenters. The fourth-order valence-corrected chi connectivity index (χ4v) is 17.9. The number of ether oxygens (including phenoxy) is 9. The largest absolute Gasteiger partial charge is 0.458 e. The van der Waals surface area contributed by atoms with Gasteiger partial charge in [0.25, 0.3) is 5.91 Å². The minimum absolute atomic E-state index is 0.00289. The van der Waals surface area contributed by atoms with E-state index in [1.165, 1.54) is 26.0 Å². The summed E-state index contributed by atoms with van der Waals surface area (Å²) in [5.41, 5.74) is -6.79.